The van der Waals surface area contributed by atoms with Gasteiger partial charge in [-0.15, -0.1) is 0 Å². The lowest BCUT2D eigenvalue weighted by atomic mass is 10.0. The Balaban J connectivity index is 2.02. The van der Waals surface area contributed by atoms with Crippen LogP contribution in [0.25, 0.3) is 0 Å². The van der Waals surface area contributed by atoms with E-state index in [0.717, 1.165) is 25.7 Å². The smallest absolute Gasteiger partial charge is 0.0495 e. The number of hydrogen-bond donors (Lipinski definition) is 1. The molecule has 1 rings (SSSR count). The Labute approximate surface area is 75.7 Å². The Morgan fingerprint density at radius 2 is 2.17 bits per heavy atom. The van der Waals surface area contributed by atoms with Gasteiger partial charge in [-0.05, 0) is 46.1 Å². The van der Waals surface area contributed by atoms with E-state index in [1.54, 1.807) is 0 Å². The molecular formula is C10H21NO. The Hall–Kier alpha value is -0.0800. The topological polar surface area (TPSA) is 21.3 Å². The zero-order valence-electron chi connectivity index (χ0n) is 8.52. The van der Waals surface area contributed by atoms with Crippen LogP contribution in [0.4, 0.5) is 0 Å². The average molecular weight is 171 g/mol. The maximum Gasteiger partial charge on any atom is 0.0495 e. The van der Waals surface area contributed by atoms with Crippen molar-refractivity contribution < 1.29 is 4.74 Å². The Morgan fingerprint density at radius 1 is 1.42 bits per heavy atom. The van der Waals surface area contributed by atoms with Crippen molar-refractivity contribution in [1.29, 1.82) is 0 Å². The van der Waals surface area contributed by atoms with Gasteiger partial charge in [-0.3, -0.25) is 0 Å². The van der Waals surface area contributed by atoms with Crippen molar-refractivity contribution in [2.24, 2.45) is 5.92 Å². The van der Waals surface area contributed by atoms with E-state index >= 15 is 0 Å². The molecule has 0 saturated carbocycles. The standard InChI is InChI=1S/C10H21NO/c1-10(2,3)11-6-4-9-5-7-12-8-9/h9,11H,4-8H2,1-3H3. The SMILES string of the molecule is CC(C)(C)NCCC1CCOC1. The zero-order valence-corrected chi connectivity index (χ0v) is 8.52. The fourth-order valence-corrected chi connectivity index (χ4v) is 1.46. The Kier molecular flexibility index (Phi) is 3.53. The first-order valence-corrected chi connectivity index (χ1v) is 4.91. The minimum atomic E-state index is 0.263. The second kappa shape index (κ2) is 4.24. The molecule has 0 bridgehead atoms. The molecule has 1 N–H and O–H groups in total. The van der Waals surface area contributed by atoms with Crippen molar-refractivity contribution in [1.82, 2.24) is 5.32 Å². The molecule has 1 heterocycles. The summed E-state index contributed by atoms with van der Waals surface area (Å²) in [5.41, 5.74) is 0.263. The first-order chi connectivity index (χ1) is 5.58. The van der Waals surface area contributed by atoms with Crippen LogP contribution in [0.5, 0.6) is 0 Å². The molecule has 0 aliphatic carbocycles. The highest BCUT2D eigenvalue weighted by atomic mass is 16.5. The fourth-order valence-electron chi connectivity index (χ4n) is 1.46. The lowest BCUT2D eigenvalue weighted by Gasteiger charge is -2.21. The molecule has 12 heavy (non-hydrogen) atoms. The van der Waals surface area contributed by atoms with Crippen LogP contribution in [0.3, 0.4) is 0 Å². The average Bonchev–Trinajstić information content (AvgIpc) is 2.36. The molecule has 0 radical (unpaired) electrons. The second-order valence-electron chi connectivity index (χ2n) is 4.70. The Bertz CT molecular complexity index is 122. The zero-order chi connectivity index (χ0) is 9.03. The summed E-state index contributed by atoms with van der Waals surface area (Å²) in [5, 5.41) is 3.49. The van der Waals surface area contributed by atoms with Gasteiger partial charge in [-0.2, -0.15) is 0 Å². The van der Waals surface area contributed by atoms with Gasteiger partial charge in [-0.1, -0.05) is 0 Å². The second-order valence-corrected chi connectivity index (χ2v) is 4.70. The largest absolute Gasteiger partial charge is 0.381 e. The summed E-state index contributed by atoms with van der Waals surface area (Å²) in [5.74, 6) is 0.805. The summed E-state index contributed by atoms with van der Waals surface area (Å²) in [6, 6.07) is 0. The van der Waals surface area contributed by atoms with Gasteiger partial charge in [0, 0.05) is 18.8 Å². The molecule has 1 unspecified atom stereocenters. The molecule has 0 aromatic heterocycles. The highest BCUT2D eigenvalue weighted by molar-refractivity contribution is 4.72. The van der Waals surface area contributed by atoms with Crippen LogP contribution >= 0.6 is 0 Å². The van der Waals surface area contributed by atoms with Gasteiger partial charge in [0.15, 0.2) is 0 Å². The van der Waals surface area contributed by atoms with Gasteiger partial charge in [0.05, 0.1) is 0 Å². The minimum Gasteiger partial charge on any atom is -0.381 e. The molecule has 1 saturated heterocycles. The number of ether oxygens (including phenoxy) is 1. The maximum absolute atomic E-state index is 5.31. The van der Waals surface area contributed by atoms with Crippen LogP contribution in [0.15, 0.2) is 0 Å². The summed E-state index contributed by atoms with van der Waals surface area (Å²) in [6.07, 6.45) is 2.52. The predicted octanol–water partition coefficient (Wildman–Crippen LogP) is 1.80. The van der Waals surface area contributed by atoms with Crippen LogP contribution in [0, 0.1) is 5.92 Å². The molecule has 1 aliphatic heterocycles. The van der Waals surface area contributed by atoms with Crippen molar-refractivity contribution in [2.45, 2.75) is 39.2 Å². The summed E-state index contributed by atoms with van der Waals surface area (Å²) in [4.78, 5) is 0. The van der Waals surface area contributed by atoms with Crippen molar-refractivity contribution in [3.8, 4) is 0 Å². The summed E-state index contributed by atoms with van der Waals surface area (Å²) in [6.45, 7) is 9.69. The first-order valence-electron chi connectivity index (χ1n) is 4.91. The van der Waals surface area contributed by atoms with Gasteiger partial charge >= 0.3 is 0 Å². The maximum atomic E-state index is 5.31. The summed E-state index contributed by atoms with van der Waals surface area (Å²) >= 11 is 0. The Morgan fingerprint density at radius 3 is 2.67 bits per heavy atom. The van der Waals surface area contributed by atoms with Crippen LogP contribution in [-0.4, -0.2) is 25.3 Å². The minimum absolute atomic E-state index is 0.263. The van der Waals surface area contributed by atoms with Crippen molar-refractivity contribution in [3.05, 3.63) is 0 Å². The van der Waals surface area contributed by atoms with Crippen molar-refractivity contribution in [3.63, 3.8) is 0 Å². The molecule has 0 aromatic rings. The first kappa shape index (κ1) is 10.0. The molecule has 2 nitrogen and oxygen atoms in total. The van der Waals surface area contributed by atoms with E-state index in [0.29, 0.717) is 0 Å². The van der Waals surface area contributed by atoms with Gasteiger partial charge < -0.3 is 10.1 Å². The quantitative estimate of drug-likeness (QED) is 0.699. The molecule has 1 atom stereocenters. The summed E-state index contributed by atoms with van der Waals surface area (Å²) < 4.78 is 5.31. The highest BCUT2D eigenvalue weighted by Gasteiger charge is 2.16. The van der Waals surface area contributed by atoms with Crippen LogP contribution in [0.1, 0.15) is 33.6 Å². The van der Waals surface area contributed by atoms with Gasteiger partial charge in [0.2, 0.25) is 0 Å². The normalized spacial score (nSPS) is 24.8. The number of rotatable bonds is 3. The highest BCUT2D eigenvalue weighted by Crippen LogP contribution is 2.15. The lowest BCUT2D eigenvalue weighted by molar-refractivity contribution is 0.183. The van der Waals surface area contributed by atoms with E-state index < -0.39 is 0 Å². The van der Waals surface area contributed by atoms with E-state index in [-0.39, 0.29) is 5.54 Å². The molecular weight excluding hydrogens is 150 g/mol. The fraction of sp³-hybridized carbons (Fsp3) is 1.00. The third-order valence-corrected chi connectivity index (χ3v) is 2.23. The number of nitrogens with one attached hydrogen (secondary N) is 1. The van der Waals surface area contributed by atoms with Crippen LogP contribution in [-0.2, 0) is 4.74 Å². The molecule has 0 amide bonds. The van der Waals surface area contributed by atoms with Crippen LogP contribution < -0.4 is 5.32 Å². The van der Waals surface area contributed by atoms with Gasteiger partial charge in [0.1, 0.15) is 0 Å². The van der Waals surface area contributed by atoms with Gasteiger partial charge in [0.25, 0.3) is 0 Å². The molecule has 1 fully saturated rings. The molecule has 2 heteroatoms. The lowest BCUT2D eigenvalue weighted by Crippen LogP contribution is -2.37. The van der Waals surface area contributed by atoms with Crippen molar-refractivity contribution >= 4 is 0 Å². The third kappa shape index (κ3) is 4.07. The van der Waals surface area contributed by atoms with E-state index in [1.807, 2.05) is 0 Å². The van der Waals surface area contributed by atoms with Gasteiger partial charge in [-0.25, -0.2) is 0 Å². The van der Waals surface area contributed by atoms with E-state index in [2.05, 4.69) is 26.1 Å². The number of hydrogen-bond acceptors (Lipinski definition) is 2. The van der Waals surface area contributed by atoms with Crippen molar-refractivity contribution in [2.75, 3.05) is 19.8 Å². The third-order valence-electron chi connectivity index (χ3n) is 2.23. The predicted molar refractivity (Wildman–Crippen MR) is 51.3 cm³/mol. The monoisotopic (exact) mass is 171 g/mol. The molecule has 0 aromatic carbocycles. The molecule has 1 aliphatic rings. The van der Waals surface area contributed by atoms with E-state index in [1.165, 1.54) is 12.8 Å². The summed E-state index contributed by atoms with van der Waals surface area (Å²) in [7, 11) is 0. The van der Waals surface area contributed by atoms with E-state index in [9.17, 15) is 0 Å². The molecule has 72 valence electrons. The van der Waals surface area contributed by atoms with E-state index in [4.69, 9.17) is 4.74 Å². The van der Waals surface area contributed by atoms with Crippen LogP contribution in [0.2, 0.25) is 0 Å². The molecule has 0 spiro atoms.